The van der Waals surface area contributed by atoms with E-state index in [-0.39, 0.29) is 16.7 Å². The Morgan fingerprint density at radius 3 is 2.55 bits per heavy atom. The third kappa shape index (κ3) is 1.34. The fourth-order valence-corrected chi connectivity index (χ4v) is 5.52. The predicted octanol–water partition coefficient (Wildman–Crippen LogP) is 2.94. The van der Waals surface area contributed by atoms with E-state index >= 15 is 0 Å². The molecule has 3 fully saturated rings. The van der Waals surface area contributed by atoms with E-state index in [4.69, 9.17) is 0 Å². The van der Waals surface area contributed by atoms with Crippen LogP contribution in [0.15, 0.2) is 30.3 Å². The van der Waals surface area contributed by atoms with Crippen molar-refractivity contribution in [2.75, 3.05) is 13.1 Å². The second-order valence-electron chi connectivity index (χ2n) is 7.42. The minimum atomic E-state index is -0.481. The van der Waals surface area contributed by atoms with Gasteiger partial charge < -0.3 is 4.90 Å². The quantitative estimate of drug-likeness (QED) is 0.841. The van der Waals surface area contributed by atoms with E-state index < -0.39 is 5.41 Å². The van der Waals surface area contributed by atoms with Gasteiger partial charge >= 0.3 is 0 Å². The van der Waals surface area contributed by atoms with E-state index in [0.29, 0.717) is 18.6 Å². The Balaban J connectivity index is 1.92. The Bertz CT molecular complexity index is 655. The number of likely N-dealkylation sites (N-methyl/N-ethyl adjacent to an activating group) is 1. The molecule has 0 bridgehead atoms. The number of hydrogen-bond acceptors (Lipinski definition) is 2. The lowest BCUT2D eigenvalue weighted by Crippen LogP contribution is -2.61. The maximum atomic E-state index is 13.4. The number of rotatable bonds is 2. The summed E-state index contributed by atoms with van der Waals surface area (Å²) in [7, 11) is 0. The molecule has 1 unspecified atom stereocenters. The number of carbonyl (C=O) groups is 2. The molecule has 4 rings (SSSR count). The van der Waals surface area contributed by atoms with E-state index in [1.165, 1.54) is 0 Å². The lowest BCUT2D eigenvalue weighted by atomic mass is 9.55. The fraction of sp³-hybridized carbons (Fsp3) is 0.579. The Morgan fingerprint density at radius 1 is 1.14 bits per heavy atom. The Kier molecular flexibility index (Phi) is 2.68. The maximum Gasteiger partial charge on any atom is 0.233 e. The van der Waals surface area contributed by atoms with Gasteiger partial charge in [0.2, 0.25) is 5.91 Å². The van der Waals surface area contributed by atoms with Crippen LogP contribution in [0.2, 0.25) is 0 Å². The highest BCUT2D eigenvalue weighted by Gasteiger charge is 2.81. The zero-order valence-electron chi connectivity index (χ0n) is 13.4. The zero-order valence-corrected chi connectivity index (χ0v) is 13.4. The highest BCUT2D eigenvalue weighted by Crippen LogP contribution is 2.79. The van der Waals surface area contributed by atoms with Crippen molar-refractivity contribution in [1.29, 1.82) is 0 Å². The van der Waals surface area contributed by atoms with Crippen LogP contribution >= 0.6 is 0 Å². The van der Waals surface area contributed by atoms with Crippen LogP contribution in [0.1, 0.15) is 45.1 Å². The van der Waals surface area contributed by atoms with Crippen molar-refractivity contribution in [3.63, 3.8) is 0 Å². The summed E-state index contributed by atoms with van der Waals surface area (Å²) in [4.78, 5) is 27.9. The SMILES string of the molecule is CCN1CC[C@]23C[C@@]2(C)C(=O)CCC3(c2ccccc2)C1=O. The van der Waals surface area contributed by atoms with E-state index in [1.807, 2.05) is 23.1 Å². The minimum Gasteiger partial charge on any atom is -0.342 e. The molecule has 1 saturated heterocycles. The summed E-state index contributed by atoms with van der Waals surface area (Å²) < 4.78 is 0. The van der Waals surface area contributed by atoms with Gasteiger partial charge in [0.25, 0.3) is 0 Å². The average molecular weight is 297 g/mol. The summed E-state index contributed by atoms with van der Waals surface area (Å²) >= 11 is 0. The van der Waals surface area contributed by atoms with Crippen LogP contribution in [0.5, 0.6) is 0 Å². The fourth-order valence-electron chi connectivity index (χ4n) is 5.52. The van der Waals surface area contributed by atoms with Crippen LogP contribution in [0, 0.1) is 10.8 Å². The van der Waals surface area contributed by atoms with Gasteiger partial charge in [-0.05, 0) is 31.7 Å². The Morgan fingerprint density at radius 2 is 1.86 bits per heavy atom. The normalized spacial score (nSPS) is 40.2. The van der Waals surface area contributed by atoms with Crippen LogP contribution < -0.4 is 0 Å². The summed E-state index contributed by atoms with van der Waals surface area (Å²) in [5.74, 6) is 0.625. The van der Waals surface area contributed by atoms with Crippen molar-refractivity contribution in [1.82, 2.24) is 4.90 Å². The molecule has 116 valence electrons. The summed E-state index contributed by atoms with van der Waals surface area (Å²) in [6, 6.07) is 10.2. The molecule has 1 aliphatic heterocycles. The van der Waals surface area contributed by atoms with Gasteiger partial charge in [0.05, 0.1) is 5.41 Å². The molecular formula is C19H23NO2. The van der Waals surface area contributed by atoms with Gasteiger partial charge in [-0.3, -0.25) is 9.59 Å². The summed E-state index contributed by atoms with van der Waals surface area (Å²) in [5, 5.41) is 0. The first-order chi connectivity index (χ1) is 10.5. The molecule has 0 N–H and O–H groups in total. The number of piperidine rings is 1. The molecular weight excluding hydrogens is 274 g/mol. The predicted molar refractivity (Wildman–Crippen MR) is 84.4 cm³/mol. The van der Waals surface area contributed by atoms with Crippen LogP contribution in [0.25, 0.3) is 0 Å². The number of hydrogen-bond donors (Lipinski definition) is 0. The van der Waals surface area contributed by atoms with Crippen molar-refractivity contribution in [2.45, 2.75) is 44.9 Å². The summed E-state index contributed by atoms with van der Waals surface area (Å²) in [5.41, 5.74) is 0.218. The molecule has 3 aliphatic rings. The van der Waals surface area contributed by atoms with E-state index in [1.54, 1.807) is 0 Å². The lowest BCUT2D eigenvalue weighted by molar-refractivity contribution is -0.151. The standard InChI is InChI=1S/C19H23NO2/c1-3-20-12-11-18-13-17(18,2)15(21)9-10-19(18,16(20)22)14-7-5-4-6-8-14/h4-8H,3,9-13H2,1-2H3/t17-,18-,19?/m0/s1. The highest BCUT2D eigenvalue weighted by atomic mass is 16.2. The second kappa shape index (κ2) is 4.21. The van der Waals surface area contributed by atoms with E-state index in [0.717, 1.165) is 31.5 Å². The Labute approximate surface area is 131 Å². The van der Waals surface area contributed by atoms with Gasteiger partial charge in [-0.1, -0.05) is 37.3 Å². The molecule has 1 amide bonds. The number of Topliss-reactive ketones (excluding diaryl/α,β-unsaturated/α-hetero) is 1. The first-order valence-electron chi connectivity index (χ1n) is 8.40. The number of nitrogens with zero attached hydrogens (tertiary/aromatic N) is 1. The van der Waals surface area contributed by atoms with E-state index in [2.05, 4.69) is 26.0 Å². The summed E-state index contributed by atoms with van der Waals surface area (Å²) in [6.45, 7) is 5.71. The maximum absolute atomic E-state index is 13.4. The van der Waals surface area contributed by atoms with Crippen LogP contribution in [-0.2, 0) is 15.0 Å². The molecule has 3 nitrogen and oxygen atoms in total. The number of carbonyl (C=O) groups excluding carboxylic acids is 2. The molecule has 0 aromatic heterocycles. The van der Waals surface area contributed by atoms with Crippen molar-refractivity contribution >= 4 is 11.7 Å². The smallest absolute Gasteiger partial charge is 0.233 e. The minimum absolute atomic E-state index is 0.139. The van der Waals surface area contributed by atoms with Gasteiger partial charge in [0, 0.05) is 30.3 Å². The molecule has 22 heavy (non-hydrogen) atoms. The monoisotopic (exact) mass is 297 g/mol. The van der Waals surface area contributed by atoms with Gasteiger partial charge in [0.1, 0.15) is 5.78 Å². The first-order valence-corrected chi connectivity index (χ1v) is 8.40. The van der Waals surface area contributed by atoms with Gasteiger partial charge in [-0.2, -0.15) is 0 Å². The summed E-state index contributed by atoms with van der Waals surface area (Å²) in [6.07, 6.45) is 3.07. The molecule has 1 aromatic carbocycles. The molecule has 0 radical (unpaired) electrons. The zero-order chi connectivity index (χ0) is 15.6. The molecule has 3 atom stereocenters. The van der Waals surface area contributed by atoms with Crippen molar-refractivity contribution in [3.8, 4) is 0 Å². The molecule has 2 saturated carbocycles. The van der Waals surface area contributed by atoms with Gasteiger partial charge in [0.15, 0.2) is 0 Å². The highest BCUT2D eigenvalue weighted by molar-refractivity contribution is 5.99. The molecule has 1 aromatic rings. The Hall–Kier alpha value is -1.64. The first kappa shape index (κ1) is 14.0. The molecule has 2 aliphatic carbocycles. The lowest BCUT2D eigenvalue weighted by Gasteiger charge is -2.52. The van der Waals surface area contributed by atoms with Gasteiger partial charge in [-0.25, -0.2) is 0 Å². The van der Waals surface area contributed by atoms with Crippen molar-refractivity contribution in [2.24, 2.45) is 10.8 Å². The second-order valence-corrected chi connectivity index (χ2v) is 7.42. The average Bonchev–Trinajstić information content (AvgIpc) is 3.17. The van der Waals surface area contributed by atoms with Crippen LogP contribution in [0.3, 0.4) is 0 Å². The molecule has 1 heterocycles. The number of ketones is 1. The number of amides is 1. The topological polar surface area (TPSA) is 37.4 Å². The third-order valence-corrected chi connectivity index (χ3v) is 6.86. The number of likely N-dealkylation sites (tertiary alicyclic amines) is 1. The van der Waals surface area contributed by atoms with Crippen LogP contribution in [-0.4, -0.2) is 29.7 Å². The largest absolute Gasteiger partial charge is 0.342 e. The van der Waals surface area contributed by atoms with Gasteiger partial charge in [-0.15, -0.1) is 0 Å². The van der Waals surface area contributed by atoms with Crippen molar-refractivity contribution < 1.29 is 9.59 Å². The number of benzene rings is 1. The molecule has 3 heteroatoms. The third-order valence-electron chi connectivity index (χ3n) is 6.86. The van der Waals surface area contributed by atoms with Crippen LogP contribution in [0.4, 0.5) is 0 Å². The van der Waals surface area contributed by atoms with Crippen molar-refractivity contribution in [3.05, 3.63) is 35.9 Å². The molecule has 1 spiro atoms. The van der Waals surface area contributed by atoms with E-state index in [9.17, 15) is 9.59 Å².